The van der Waals surface area contributed by atoms with Crippen LogP contribution < -0.4 is 9.64 Å². The first-order valence-electron chi connectivity index (χ1n) is 15.9. The summed E-state index contributed by atoms with van der Waals surface area (Å²) in [5, 5.41) is 0. The van der Waals surface area contributed by atoms with Gasteiger partial charge in [-0.1, -0.05) is 56.5 Å². The van der Waals surface area contributed by atoms with E-state index in [0.717, 1.165) is 48.4 Å². The van der Waals surface area contributed by atoms with Gasteiger partial charge in [-0.2, -0.15) is 4.31 Å². The number of unbranched alkanes of at least 4 members (excludes halogenated alkanes) is 2. The summed E-state index contributed by atoms with van der Waals surface area (Å²) in [6, 6.07) is 8.83. The molecule has 1 amide bonds. The Morgan fingerprint density at radius 1 is 0.932 bits per heavy atom. The predicted octanol–water partition coefficient (Wildman–Crippen LogP) is 6.61. The van der Waals surface area contributed by atoms with Crippen molar-refractivity contribution in [2.45, 2.75) is 78.0 Å². The average molecular weight is 625 g/mol. The molecule has 8 nitrogen and oxygen atoms in total. The van der Waals surface area contributed by atoms with Crippen LogP contribution in [0.2, 0.25) is 0 Å². The highest BCUT2D eigenvalue weighted by atomic mass is 32.2. The fourth-order valence-electron chi connectivity index (χ4n) is 6.46. The van der Waals surface area contributed by atoms with Crippen LogP contribution in [0.4, 0.5) is 5.69 Å². The van der Waals surface area contributed by atoms with Gasteiger partial charge in [0.05, 0.1) is 24.7 Å². The van der Waals surface area contributed by atoms with E-state index in [-0.39, 0.29) is 23.3 Å². The molecule has 0 saturated heterocycles. The van der Waals surface area contributed by atoms with Gasteiger partial charge in [-0.05, 0) is 87.5 Å². The van der Waals surface area contributed by atoms with Crippen molar-refractivity contribution >= 4 is 27.6 Å². The van der Waals surface area contributed by atoms with Crippen molar-refractivity contribution in [3.63, 3.8) is 0 Å². The first kappa shape index (κ1) is 33.7. The topological polar surface area (TPSA) is 93.2 Å². The van der Waals surface area contributed by atoms with Crippen LogP contribution in [0.15, 0.2) is 47.4 Å². The highest BCUT2D eigenvalue weighted by Gasteiger charge is 2.38. The van der Waals surface area contributed by atoms with Crippen molar-refractivity contribution in [3.8, 4) is 5.75 Å². The van der Waals surface area contributed by atoms with E-state index in [4.69, 9.17) is 9.47 Å². The van der Waals surface area contributed by atoms with Crippen molar-refractivity contribution in [3.05, 3.63) is 64.7 Å². The van der Waals surface area contributed by atoms with Crippen molar-refractivity contribution in [2.75, 3.05) is 38.3 Å². The lowest BCUT2D eigenvalue weighted by Gasteiger charge is -2.31. The fourth-order valence-corrected chi connectivity index (χ4v) is 7.98. The minimum atomic E-state index is -3.93. The standard InChI is InChI=1S/C35H48N2O6S/c1-7-9-15-42-32-21-30(13-14-31(32)35(39)43-16-10-8-2)37(22-29-20-27-11-12-28(29)19-27)33(38)23-36(6)44(40,41)34-25(4)17-24(3)18-26(34)5/h11-14,17-18,21,27-29H,7-10,15-16,19-20,22-23H2,1-6H3. The van der Waals surface area contributed by atoms with Crippen molar-refractivity contribution in [2.24, 2.45) is 17.8 Å². The molecule has 3 atom stereocenters. The van der Waals surface area contributed by atoms with E-state index < -0.39 is 16.0 Å². The third-order valence-corrected chi connectivity index (χ3v) is 10.9. The Labute approximate surface area is 263 Å². The number of anilines is 1. The van der Waals surface area contributed by atoms with Gasteiger partial charge in [0.15, 0.2) is 0 Å². The average Bonchev–Trinajstić information content (AvgIpc) is 3.59. The van der Waals surface area contributed by atoms with Crippen molar-refractivity contribution in [1.29, 1.82) is 0 Å². The molecule has 0 spiro atoms. The number of hydrogen-bond acceptors (Lipinski definition) is 6. The van der Waals surface area contributed by atoms with Crippen molar-refractivity contribution < 1.29 is 27.5 Å². The number of sulfonamides is 1. The fraction of sp³-hybridized carbons (Fsp3) is 0.543. The van der Waals surface area contributed by atoms with Gasteiger partial charge in [0, 0.05) is 25.3 Å². The molecule has 0 radical (unpaired) electrons. The second-order valence-corrected chi connectivity index (χ2v) is 14.4. The lowest BCUT2D eigenvalue weighted by atomic mass is 9.93. The van der Waals surface area contributed by atoms with Crippen LogP contribution >= 0.6 is 0 Å². The van der Waals surface area contributed by atoms with Gasteiger partial charge in [-0.3, -0.25) is 4.79 Å². The predicted molar refractivity (Wildman–Crippen MR) is 174 cm³/mol. The van der Waals surface area contributed by atoms with E-state index in [2.05, 4.69) is 19.1 Å². The van der Waals surface area contributed by atoms with Crippen LogP contribution in [0, 0.1) is 38.5 Å². The number of rotatable bonds is 15. The first-order chi connectivity index (χ1) is 21.0. The van der Waals surface area contributed by atoms with E-state index in [0.29, 0.717) is 59.7 Å². The summed E-state index contributed by atoms with van der Waals surface area (Å²) in [4.78, 5) is 29.0. The molecule has 0 aliphatic heterocycles. The number of nitrogens with zero attached hydrogens (tertiary/aromatic N) is 2. The summed E-state index contributed by atoms with van der Waals surface area (Å²) in [7, 11) is -2.47. The highest BCUT2D eigenvalue weighted by Crippen LogP contribution is 2.44. The zero-order valence-corrected chi connectivity index (χ0v) is 27.9. The van der Waals surface area contributed by atoms with Gasteiger partial charge in [0.2, 0.25) is 15.9 Å². The number of amides is 1. The Hall–Kier alpha value is -3.17. The zero-order chi connectivity index (χ0) is 32.0. The van der Waals surface area contributed by atoms with E-state index in [1.54, 1.807) is 36.9 Å². The zero-order valence-electron chi connectivity index (χ0n) is 27.1. The summed E-state index contributed by atoms with van der Waals surface area (Å²) in [5.41, 5.74) is 3.19. The van der Waals surface area contributed by atoms with Crippen LogP contribution in [-0.2, 0) is 19.6 Å². The van der Waals surface area contributed by atoms with E-state index in [1.807, 2.05) is 26.0 Å². The number of hydrogen-bond donors (Lipinski definition) is 0. The third kappa shape index (κ3) is 7.72. The lowest BCUT2D eigenvalue weighted by Crippen LogP contribution is -2.44. The molecule has 4 rings (SSSR count). The molecule has 1 fully saturated rings. The normalized spacial score (nSPS) is 19.0. The Balaban J connectivity index is 1.65. The summed E-state index contributed by atoms with van der Waals surface area (Å²) in [6.07, 6.45) is 10.0. The molecule has 0 heterocycles. The summed E-state index contributed by atoms with van der Waals surface area (Å²) in [5.74, 6) is 0.759. The van der Waals surface area contributed by atoms with Gasteiger partial charge in [0.25, 0.3) is 0 Å². The maximum atomic E-state index is 14.1. The molecule has 240 valence electrons. The molecule has 2 aromatic carbocycles. The van der Waals surface area contributed by atoms with Crippen LogP contribution in [0.1, 0.15) is 79.4 Å². The van der Waals surface area contributed by atoms with Crippen LogP contribution in [0.5, 0.6) is 5.75 Å². The molecule has 2 aromatic rings. The van der Waals surface area contributed by atoms with Crippen LogP contribution in [0.3, 0.4) is 0 Å². The quantitative estimate of drug-likeness (QED) is 0.126. The van der Waals surface area contributed by atoms with Crippen LogP contribution in [0.25, 0.3) is 0 Å². The minimum Gasteiger partial charge on any atom is -0.493 e. The van der Waals surface area contributed by atoms with Gasteiger partial charge in [0.1, 0.15) is 11.3 Å². The summed E-state index contributed by atoms with van der Waals surface area (Å²) >= 11 is 0. The maximum absolute atomic E-state index is 14.1. The number of benzene rings is 2. The first-order valence-corrected chi connectivity index (χ1v) is 17.4. The highest BCUT2D eigenvalue weighted by molar-refractivity contribution is 7.89. The molecule has 2 aliphatic carbocycles. The lowest BCUT2D eigenvalue weighted by molar-refractivity contribution is -0.118. The number of ether oxygens (including phenoxy) is 2. The number of likely N-dealkylation sites (N-methyl/N-ethyl adjacent to an activating group) is 1. The number of allylic oxidation sites excluding steroid dienone is 2. The molecule has 3 unspecified atom stereocenters. The molecule has 2 bridgehead atoms. The third-order valence-electron chi connectivity index (χ3n) is 8.75. The van der Waals surface area contributed by atoms with E-state index in [1.165, 1.54) is 7.05 Å². The van der Waals surface area contributed by atoms with Crippen LogP contribution in [-0.4, -0.2) is 58.0 Å². The molecule has 2 aliphatic rings. The van der Waals surface area contributed by atoms with Gasteiger partial charge in [-0.25, -0.2) is 13.2 Å². The summed E-state index contributed by atoms with van der Waals surface area (Å²) in [6.45, 7) is 10.5. The number of aryl methyl sites for hydroxylation is 3. The molecule has 44 heavy (non-hydrogen) atoms. The minimum absolute atomic E-state index is 0.237. The second kappa shape index (κ2) is 14.7. The number of esters is 1. The maximum Gasteiger partial charge on any atom is 0.341 e. The number of carbonyl (C=O) groups is 2. The Morgan fingerprint density at radius 2 is 1.61 bits per heavy atom. The van der Waals surface area contributed by atoms with Crippen molar-refractivity contribution in [1.82, 2.24) is 4.31 Å². The Kier molecular flexibility index (Phi) is 11.3. The molecule has 1 saturated carbocycles. The smallest absolute Gasteiger partial charge is 0.341 e. The molecular formula is C35H48N2O6S. The van der Waals surface area contributed by atoms with E-state index >= 15 is 0 Å². The monoisotopic (exact) mass is 624 g/mol. The Bertz CT molecular complexity index is 1460. The van der Waals surface area contributed by atoms with Gasteiger partial charge < -0.3 is 14.4 Å². The Morgan fingerprint density at radius 3 is 2.23 bits per heavy atom. The van der Waals surface area contributed by atoms with Gasteiger partial charge in [-0.15, -0.1) is 0 Å². The molecule has 0 aromatic heterocycles. The molecule has 9 heteroatoms. The molecule has 0 N–H and O–H groups in total. The number of fused-ring (bicyclic) bond motifs is 2. The number of carbonyl (C=O) groups excluding carboxylic acids is 2. The largest absolute Gasteiger partial charge is 0.493 e. The molecular weight excluding hydrogens is 576 g/mol. The SMILES string of the molecule is CCCCOC(=O)c1ccc(N(CC2CC3C=CC2C3)C(=O)CN(C)S(=O)(=O)c2c(C)cc(C)cc2C)cc1OCCCC. The van der Waals surface area contributed by atoms with Gasteiger partial charge >= 0.3 is 5.97 Å². The van der Waals surface area contributed by atoms with E-state index in [9.17, 15) is 18.0 Å². The second-order valence-electron chi connectivity index (χ2n) is 12.4. The summed E-state index contributed by atoms with van der Waals surface area (Å²) < 4.78 is 40.2.